The maximum absolute atomic E-state index is 11.4. The second-order valence-electron chi connectivity index (χ2n) is 8.19. The van der Waals surface area contributed by atoms with Crippen molar-refractivity contribution in [3.63, 3.8) is 0 Å². The molecule has 0 aromatic rings. The van der Waals surface area contributed by atoms with Crippen LogP contribution in [0, 0.1) is 0 Å². The Balaban J connectivity index is 2.14. The quantitative estimate of drug-likeness (QED) is 0.288. The Morgan fingerprint density at radius 3 is 1.90 bits per heavy atom. The van der Waals surface area contributed by atoms with Gasteiger partial charge in [0.1, 0.15) is 24.4 Å². The van der Waals surface area contributed by atoms with E-state index in [1.807, 2.05) is 0 Å². The van der Waals surface area contributed by atoms with Crippen LogP contribution in [-0.4, -0.2) is 65.1 Å². The van der Waals surface area contributed by atoms with Gasteiger partial charge in [-0.2, -0.15) is 0 Å². The third kappa shape index (κ3) is 10.7. The summed E-state index contributed by atoms with van der Waals surface area (Å²) in [5, 5.41) is 32.1. The van der Waals surface area contributed by atoms with Gasteiger partial charge in [0.25, 0.3) is 0 Å². The Bertz CT molecular complexity index is 422. The molecule has 0 aliphatic carbocycles. The molecule has 1 rings (SSSR count). The van der Waals surface area contributed by atoms with Crippen LogP contribution < -0.4 is 5.32 Å². The molecule has 5 atom stereocenters. The molecule has 1 aliphatic heterocycles. The summed E-state index contributed by atoms with van der Waals surface area (Å²) in [4.78, 5) is 11.4. The zero-order chi connectivity index (χ0) is 21.5. The van der Waals surface area contributed by atoms with Gasteiger partial charge in [0.15, 0.2) is 6.29 Å². The highest BCUT2D eigenvalue weighted by Crippen LogP contribution is 2.22. The number of nitrogens with one attached hydrogen (secondary N) is 1. The number of aliphatic hydroxyl groups is 3. The van der Waals surface area contributed by atoms with Crippen LogP contribution in [0.15, 0.2) is 0 Å². The average molecular weight is 418 g/mol. The first-order valence-corrected chi connectivity index (χ1v) is 11.5. The molecule has 4 N–H and O–H groups in total. The number of hydrogen-bond acceptors (Lipinski definition) is 6. The van der Waals surface area contributed by atoms with Gasteiger partial charge < -0.3 is 30.1 Å². The van der Waals surface area contributed by atoms with Crippen LogP contribution in [0.3, 0.4) is 0 Å². The predicted molar refractivity (Wildman–Crippen MR) is 112 cm³/mol. The Labute approximate surface area is 176 Å². The highest BCUT2D eigenvalue weighted by molar-refractivity contribution is 5.73. The molecule has 0 spiro atoms. The zero-order valence-corrected chi connectivity index (χ0v) is 18.4. The van der Waals surface area contributed by atoms with Crippen LogP contribution in [0.5, 0.6) is 0 Å². The standard InChI is InChI=1S/C22H43NO6/c1-3-4-5-6-7-8-9-10-11-12-13-14-15-28-22-19(23-17(2)25)21(27)20(26)18(16-24)29-22/h18-22,24,26-27H,3-16H2,1-2H3,(H,23,25)/t18-,19-,20-,21-,22-/m0/s1. The number of hydrogen-bond donors (Lipinski definition) is 4. The highest BCUT2D eigenvalue weighted by atomic mass is 16.7. The first kappa shape index (κ1) is 26.3. The lowest BCUT2D eigenvalue weighted by Crippen LogP contribution is -2.64. The van der Waals surface area contributed by atoms with Crippen molar-refractivity contribution in [2.45, 2.75) is 122 Å². The first-order valence-electron chi connectivity index (χ1n) is 11.5. The molecule has 1 aliphatic rings. The molecule has 7 heteroatoms. The summed E-state index contributed by atoms with van der Waals surface area (Å²) in [7, 11) is 0. The van der Waals surface area contributed by atoms with Gasteiger partial charge in [-0.25, -0.2) is 0 Å². The molecule has 29 heavy (non-hydrogen) atoms. The van der Waals surface area contributed by atoms with E-state index in [4.69, 9.17) is 9.47 Å². The van der Waals surface area contributed by atoms with Gasteiger partial charge in [-0.1, -0.05) is 77.6 Å². The number of unbranched alkanes of at least 4 members (excludes halogenated alkanes) is 11. The van der Waals surface area contributed by atoms with Gasteiger partial charge >= 0.3 is 0 Å². The van der Waals surface area contributed by atoms with Crippen molar-refractivity contribution in [1.29, 1.82) is 0 Å². The molecular weight excluding hydrogens is 374 g/mol. The van der Waals surface area contributed by atoms with Gasteiger partial charge in [-0.3, -0.25) is 4.79 Å². The van der Waals surface area contributed by atoms with E-state index in [1.165, 1.54) is 71.1 Å². The molecule has 172 valence electrons. The third-order valence-electron chi connectivity index (χ3n) is 5.53. The number of aliphatic hydroxyl groups excluding tert-OH is 3. The van der Waals surface area contributed by atoms with Gasteiger partial charge in [0.2, 0.25) is 5.91 Å². The molecule has 7 nitrogen and oxygen atoms in total. The van der Waals surface area contributed by atoms with Crippen molar-refractivity contribution in [2.24, 2.45) is 0 Å². The Kier molecular flexibility index (Phi) is 14.5. The monoisotopic (exact) mass is 417 g/mol. The van der Waals surface area contributed by atoms with Crippen LogP contribution in [-0.2, 0) is 14.3 Å². The minimum atomic E-state index is -1.27. The molecule has 1 saturated heterocycles. The van der Waals surface area contributed by atoms with Crippen LogP contribution in [0.2, 0.25) is 0 Å². The number of carbonyl (C=O) groups is 1. The van der Waals surface area contributed by atoms with Crippen molar-refractivity contribution in [2.75, 3.05) is 13.2 Å². The lowest BCUT2D eigenvalue weighted by atomic mass is 9.97. The van der Waals surface area contributed by atoms with E-state index >= 15 is 0 Å². The SMILES string of the molecule is CCCCCCCCCCCCCCO[C@H]1O[C@@H](CO)[C@H](O)[C@@H](O)[C@@H]1NC(C)=O. The average Bonchev–Trinajstić information content (AvgIpc) is 2.70. The van der Waals surface area contributed by atoms with Crippen molar-refractivity contribution in [3.8, 4) is 0 Å². The molecule has 0 aromatic carbocycles. The molecular formula is C22H43NO6. The van der Waals surface area contributed by atoms with Crippen LogP contribution in [0.1, 0.15) is 90.9 Å². The van der Waals surface area contributed by atoms with Crippen LogP contribution >= 0.6 is 0 Å². The van der Waals surface area contributed by atoms with Gasteiger partial charge in [0.05, 0.1) is 6.61 Å². The highest BCUT2D eigenvalue weighted by Gasteiger charge is 2.45. The van der Waals surface area contributed by atoms with Crippen molar-refractivity contribution >= 4 is 5.91 Å². The largest absolute Gasteiger partial charge is 0.394 e. The molecule has 0 unspecified atom stereocenters. The number of rotatable bonds is 16. The Hall–Kier alpha value is -0.730. The molecule has 0 bridgehead atoms. The lowest BCUT2D eigenvalue weighted by Gasteiger charge is -2.42. The molecule has 0 saturated carbocycles. The minimum absolute atomic E-state index is 0.341. The van der Waals surface area contributed by atoms with Crippen molar-refractivity contribution in [3.05, 3.63) is 0 Å². The molecule has 0 radical (unpaired) electrons. The second kappa shape index (κ2) is 16.0. The fourth-order valence-corrected chi connectivity index (χ4v) is 3.76. The summed E-state index contributed by atoms with van der Waals surface area (Å²) >= 11 is 0. The van der Waals surface area contributed by atoms with E-state index in [-0.39, 0.29) is 5.91 Å². The normalized spacial score (nSPS) is 27.1. The smallest absolute Gasteiger partial charge is 0.217 e. The van der Waals surface area contributed by atoms with E-state index in [0.29, 0.717) is 6.61 Å². The van der Waals surface area contributed by atoms with E-state index in [2.05, 4.69) is 12.2 Å². The van der Waals surface area contributed by atoms with E-state index in [1.54, 1.807) is 0 Å². The summed E-state index contributed by atoms with van der Waals surface area (Å²) in [5.74, 6) is -0.341. The molecule has 1 amide bonds. The first-order chi connectivity index (χ1) is 14.0. The van der Waals surface area contributed by atoms with Crippen LogP contribution in [0.4, 0.5) is 0 Å². The van der Waals surface area contributed by atoms with Crippen molar-refractivity contribution in [1.82, 2.24) is 5.32 Å². The topological polar surface area (TPSA) is 108 Å². The fraction of sp³-hybridized carbons (Fsp3) is 0.955. The summed E-state index contributed by atoms with van der Waals surface area (Å²) in [5.41, 5.74) is 0. The predicted octanol–water partition coefficient (Wildman–Crippen LogP) is 2.65. The third-order valence-corrected chi connectivity index (χ3v) is 5.53. The van der Waals surface area contributed by atoms with E-state index in [9.17, 15) is 20.1 Å². The number of carbonyl (C=O) groups excluding carboxylic acids is 1. The number of ether oxygens (including phenoxy) is 2. The summed E-state index contributed by atoms with van der Waals surface area (Å²) in [6, 6.07) is -0.859. The summed E-state index contributed by atoms with van der Waals surface area (Å²) in [6.45, 7) is 3.59. The van der Waals surface area contributed by atoms with Crippen molar-refractivity contribution < 1.29 is 29.6 Å². The Morgan fingerprint density at radius 2 is 1.41 bits per heavy atom. The molecule has 0 aromatic heterocycles. The fourth-order valence-electron chi connectivity index (χ4n) is 3.76. The van der Waals surface area contributed by atoms with E-state index in [0.717, 1.165) is 12.8 Å². The summed E-state index contributed by atoms with van der Waals surface area (Å²) in [6.07, 6.45) is 10.7. The zero-order valence-electron chi connectivity index (χ0n) is 18.4. The van der Waals surface area contributed by atoms with Crippen LogP contribution in [0.25, 0.3) is 0 Å². The minimum Gasteiger partial charge on any atom is -0.394 e. The maximum Gasteiger partial charge on any atom is 0.217 e. The second-order valence-corrected chi connectivity index (χ2v) is 8.19. The lowest BCUT2D eigenvalue weighted by molar-refractivity contribution is -0.270. The Morgan fingerprint density at radius 1 is 0.897 bits per heavy atom. The number of amides is 1. The molecule has 1 fully saturated rings. The van der Waals surface area contributed by atoms with E-state index < -0.39 is 37.3 Å². The van der Waals surface area contributed by atoms with Gasteiger partial charge in [0, 0.05) is 13.5 Å². The van der Waals surface area contributed by atoms with Gasteiger partial charge in [-0.15, -0.1) is 0 Å². The van der Waals surface area contributed by atoms with Gasteiger partial charge in [-0.05, 0) is 6.42 Å². The summed E-state index contributed by atoms with van der Waals surface area (Å²) < 4.78 is 11.3. The molecule has 1 heterocycles. The maximum atomic E-state index is 11.4.